The van der Waals surface area contributed by atoms with Gasteiger partial charge < -0.3 is 25.0 Å². The molecule has 2 aliphatic rings. The van der Waals surface area contributed by atoms with Crippen molar-refractivity contribution in [3.63, 3.8) is 0 Å². The maximum Gasteiger partial charge on any atom is 0.191 e. The van der Waals surface area contributed by atoms with E-state index in [4.69, 9.17) is 14.5 Å². The molecule has 0 bridgehead atoms. The van der Waals surface area contributed by atoms with E-state index in [2.05, 4.69) is 45.6 Å². The Morgan fingerprint density at radius 1 is 1.24 bits per heavy atom. The molecule has 1 atom stereocenters. The van der Waals surface area contributed by atoms with Crippen LogP contribution in [0.25, 0.3) is 0 Å². The summed E-state index contributed by atoms with van der Waals surface area (Å²) in [6.07, 6.45) is 2.30. The minimum Gasteiger partial charge on any atom is -0.497 e. The number of guanidine groups is 1. The zero-order valence-electron chi connectivity index (χ0n) is 18.0. The van der Waals surface area contributed by atoms with Crippen molar-refractivity contribution in [2.45, 2.75) is 19.8 Å². The minimum absolute atomic E-state index is 0.588. The molecule has 1 aromatic carbocycles. The predicted molar refractivity (Wildman–Crippen MR) is 119 cm³/mol. The zero-order chi connectivity index (χ0) is 20.3. The highest BCUT2D eigenvalue weighted by Gasteiger charge is 2.22. The van der Waals surface area contributed by atoms with Gasteiger partial charge in [-0.05, 0) is 44.4 Å². The van der Waals surface area contributed by atoms with E-state index in [0.717, 1.165) is 83.7 Å². The Morgan fingerprint density at radius 3 is 2.90 bits per heavy atom. The van der Waals surface area contributed by atoms with Gasteiger partial charge in [0.15, 0.2) is 5.96 Å². The normalized spacial score (nSPS) is 20.7. The van der Waals surface area contributed by atoms with Crippen LogP contribution in [0.5, 0.6) is 5.75 Å². The highest BCUT2D eigenvalue weighted by molar-refractivity contribution is 5.79. The van der Waals surface area contributed by atoms with E-state index in [0.29, 0.717) is 5.92 Å². The molecule has 0 amide bonds. The summed E-state index contributed by atoms with van der Waals surface area (Å²) in [5.41, 5.74) is 1.24. The van der Waals surface area contributed by atoms with Gasteiger partial charge in [-0.3, -0.25) is 9.89 Å². The van der Waals surface area contributed by atoms with Crippen LogP contribution in [0.2, 0.25) is 0 Å². The van der Waals surface area contributed by atoms with Crippen LogP contribution in [0.15, 0.2) is 29.3 Å². The Bertz CT molecular complexity index is 633. The Hall–Kier alpha value is -1.99. The van der Waals surface area contributed by atoms with Gasteiger partial charge in [-0.1, -0.05) is 6.07 Å². The second kappa shape index (κ2) is 11.9. The summed E-state index contributed by atoms with van der Waals surface area (Å²) < 4.78 is 10.8. The van der Waals surface area contributed by atoms with Gasteiger partial charge in [0.05, 0.1) is 20.3 Å². The molecule has 2 fully saturated rings. The Kier molecular flexibility index (Phi) is 8.89. The van der Waals surface area contributed by atoms with Crippen LogP contribution in [-0.4, -0.2) is 83.5 Å². The fourth-order valence-electron chi connectivity index (χ4n) is 3.92. The summed E-state index contributed by atoms with van der Waals surface area (Å²) >= 11 is 0. The number of aliphatic imine (C=N–C) groups is 1. The summed E-state index contributed by atoms with van der Waals surface area (Å²) in [4.78, 5) is 9.76. The first-order valence-corrected chi connectivity index (χ1v) is 11.0. The third kappa shape index (κ3) is 7.08. The highest BCUT2D eigenvalue weighted by atomic mass is 16.5. The summed E-state index contributed by atoms with van der Waals surface area (Å²) in [5, 5.41) is 6.87. The number of nitrogens with one attached hydrogen (secondary N) is 2. The molecule has 7 heteroatoms. The molecule has 0 spiro atoms. The van der Waals surface area contributed by atoms with Crippen LogP contribution in [0.4, 0.5) is 5.69 Å². The maximum absolute atomic E-state index is 5.41. The smallest absolute Gasteiger partial charge is 0.191 e. The zero-order valence-corrected chi connectivity index (χ0v) is 18.0. The van der Waals surface area contributed by atoms with E-state index >= 15 is 0 Å². The van der Waals surface area contributed by atoms with Gasteiger partial charge in [0, 0.05) is 57.6 Å². The molecule has 2 aliphatic heterocycles. The number of ether oxygens (including phenoxy) is 2. The number of hydrogen-bond donors (Lipinski definition) is 2. The number of hydrogen-bond acceptors (Lipinski definition) is 5. The van der Waals surface area contributed by atoms with Gasteiger partial charge in [-0.25, -0.2) is 0 Å². The Balaban J connectivity index is 1.41. The van der Waals surface area contributed by atoms with Crippen LogP contribution in [0.3, 0.4) is 0 Å². The van der Waals surface area contributed by atoms with E-state index < -0.39 is 0 Å². The number of benzene rings is 1. The third-order valence-corrected chi connectivity index (χ3v) is 5.60. The molecule has 2 N–H and O–H groups in total. The van der Waals surface area contributed by atoms with Crippen molar-refractivity contribution in [3.05, 3.63) is 24.3 Å². The monoisotopic (exact) mass is 403 g/mol. The predicted octanol–water partition coefficient (Wildman–Crippen LogP) is 1.80. The van der Waals surface area contributed by atoms with Gasteiger partial charge in [0.25, 0.3) is 0 Å². The van der Waals surface area contributed by atoms with Crippen molar-refractivity contribution < 1.29 is 9.47 Å². The van der Waals surface area contributed by atoms with Crippen molar-refractivity contribution in [1.29, 1.82) is 0 Å². The topological polar surface area (TPSA) is 61.4 Å². The molecule has 0 aromatic heterocycles. The van der Waals surface area contributed by atoms with Crippen LogP contribution in [-0.2, 0) is 4.74 Å². The highest BCUT2D eigenvalue weighted by Crippen LogP contribution is 2.26. The van der Waals surface area contributed by atoms with Crippen molar-refractivity contribution in [2.75, 3.05) is 77.6 Å². The molecule has 1 unspecified atom stereocenters. The molecule has 0 aliphatic carbocycles. The van der Waals surface area contributed by atoms with E-state index in [-0.39, 0.29) is 0 Å². The van der Waals surface area contributed by atoms with Crippen LogP contribution in [0.1, 0.15) is 19.8 Å². The molecular formula is C22H37N5O2. The summed E-state index contributed by atoms with van der Waals surface area (Å²) in [7, 11) is 1.72. The number of anilines is 1. The molecule has 2 saturated heterocycles. The quantitative estimate of drug-likeness (QED) is 0.373. The summed E-state index contributed by atoms with van der Waals surface area (Å²) in [5.74, 6) is 2.44. The number of morpholine rings is 1. The van der Waals surface area contributed by atoms with Crippen LogP contribution < -0.4 is 20.3 Å². The first-order chi connectivity index (χ1) is 14.3. The number of methoxy groups -OCH3 is 1. The van der Waals surface area contributed by atoms with E-state index in [1.54, 1.807) is 7.11 Å². The number of rotatable bonds is 9. The summed E-state index contributed by atoms with van der Waals surface area (Å²) in [6, 6.07) is 8.33. The SMILES string of the molecule is CCNC(=NCC1CCN(c2cccc(OC)c2)C1)NCCCN1CCOCC1. The molecule has 29 heavy (non-hydrogen) atoms. The largest absolute Gasteiger partial charge is 0.497 e. The fourth-order valence-corrected chi connectivity index (χ4v) is 3.92. The molecule has 1 aromatic rings. The average Bonchev–Trinajstić information content (AvgIpc) is 3.25. The third-order valence-electron chi connectivity index (χ3n) is 5.60. The maximum atomic E-state index is 5.41. The van der Waals surface area contributed by atoms with Gasteiger partial charge in [0.1, 0.15) is 5.75 Å². The van der Waals surface area contributed by atoms with Gasteiger partial charge in [-0.2, -0.15) is 0 Å². The molecule has 3 rings (SSSR count). The van der Waals surface area contributed by atoms with E-state index in [1.807, 2.05) is 6.07 Å². The van der Waals surface area contributed by atoms with Gasteiger partial charge in [0.2, 0.25) is 0 Å². The molecule has 7 nitrogen and oxygen atoms in total. The second-order valence-electron chi connectivity index (χ2n) is 7.76. The lowest BCUT2D eigenvalue weighted by Crippen LogP contribution is -2.41. The van der Waals surface area contributed by atoms with E-state index in [1.165, 1.54) is 12.1 Å². The molecule has 0 saturated carbocycles. The molecular weight excluding hydrogens is 366 g/mol. The van der Waals surface area contributed by atoms with Crippen molar-refractivity contribution in [2.24, 2.45) is 10.9 Å². The Labute approximate surface area is 175 Å². The molecule has 0 radical (unpaired) electrons. The fraction of sp³-hybridized carbons (Fsp3) is 0.682. The lowest BCUT2D eigenvalue weighted by Gasteiger charge is -2.26. The first-order valence-electron chi connectivity index (χ1n) is 11.0. The standard InChI is InChI=1S/C22H37N5O2/c1-3-23-22(24-9-5-10-26-12-14-29-15-13-26)25-17-19-8-11-27(18-19)20-6-4-7-21(16-20)28-2/h4,6-7,16,19H,3,5,8-15,17-18H2,1-2H3,(H2,23,24,25). The average molecular weight is 404 g/mol. The lowest BCUT2D eigenvalue weighted by molar-refractivity contribution is 0.0376. The number of nitrogens with zero attached hydrogens (tertiary/aromatic N) is 3. The lowest BCUT2D eigenvalue weighted by atomic mass is 10.1. The molecule has 2 heterocycles. The van der Waals surface area contributed by atoms with Crippen molar-refractivity contribution in [1.82, 2.24) is 15.5 Å². The van der Waals surface area contributed by atoms with Crippen molar-refractivity contribution >= 4 is 11.6 Å². The summed E-state index contributed by atoms with van der Waals surface area (Å²) in [6.45, 7) is 11.9. The van der Waals surface area contributed by atoms with E-state index in [9.17, 15) is 0 Å². The molecule has 162 valence electrons. The van der Waals surface area contributed by atoms with Crippen molar-refractivity contribution in [3.8, 4) is 5.75 Å². The first kappa shape index (κ1) is 21.7. The van der Waals surface area contributed by atoms with Gasteiger partial charge in [-0.15, -0.1) is 0 Å². The second-order valence-corrected chi connectivity index (χ2v) is 7.76. The van der Waals surface area contributed by atoms with Crippen LogP contribution >= 0.6 is 0 Å². The minimum atomic E-state index is 0.588. The van der Waals surface area contributed by atoms with Gasteiger partial charge >= 0.3 is 0 Å². The van der Waals surface area contributed by atoms with Crippen LogP contribution in [0, 0.1) is 5.92 Å². The Morgan fingerprint density at radius 2 is 2.10 bits per heavy atom.